The summed E-state index contributed by atoms with van der Waals surface area (Å²) in [7, 11) is 0. The lowest BCUT2D eigenvalue weighted by Gasteiger charge is -2.16. The van der Waals surface area contributed by atoms with Crippen molar-refractivity contribution in [3.8, 4) is 28.7 Å². The van der Waals surface area contributed by atoms with E-state index >= 15 is 0 Å². The van der Waals surface area contributed by atoms with Crippen molar-refractivity contribution in [3.63, 3.8) is 0 Å². The molecular formula is C20H17N3OS. The molecule has 25 heavy (non-hydrogen) atoms. The normalized spacial score (nSPS) is 10.4. The molecule has 0 saturated carbocycles. The molecule has 1 heterocycles. The summed E-state index contributed by atoms with van der Waals surface area (Å²) in [6.07, 6.45) is 0.547. The summed E-state index contributed by atoms with van der Waals surface area (Å²) in [5, 5.41) is 18.9. The number of hydrogen-bond acceptors (Lipinski definition) is 4. The molecule has 2 aromatic carbocycles. The molecule has 0 aliphatic carbocycles. The van der Waals surface area contributed by atoms with Crippen LogP contribution >= 0.6 is 12.2 Å². The summed E-state index contributed by atoms with van der Waals surface area (Å²) in [6.45, 7) is 0.564. The number of aromatic nitrogens is 2. The predicted octanol–water partition coefficient (Wildman–Crippen LogP) is 4.20. The van der Waals surface area contributed by atoms with E-state index < -0.39 is 0 Å². The van der Waals surface area contributed by atoms with Crippen LogP contribution in [-0.4, -0.2) is 21.3 Å². The summed E-state index contributed by atoms with van der Waals surface area (Å²) in [4.78, 5) is 4.79. The SMILES string of the molecule is N#Cc1c(-c2ccccc2)nc(-c2ccccc2)n(CCCO)c1=S. The van der Waals surface area contributed by atoms with Crippen LogP contribution in [0.15, 0.2) is 60.7 Å². The zero-order chi connectivity index (χ0) is 17.6. The minimum absolute atomic E-state index is 0.0539. The minimum atomic E-state index is 0.0539. The van der Waals surface area contributed by atoms with Gasteiger partial charge in [0.15, 0.2) is 0 Å². The Morgan fingerprint density at radius 3 is 2.16 bits per heavy atom. The minimum Gasteiger partial charge on any atom is -0.396 e. The average molecular weight is 347 g/mol. The van der Waals surface area contributed by atoms with Crippen molar-refractivity contribution < 1.29 is 5.11 Å². The summed E-state index contributed by atoms with van der Waals surface area (Å²) in [5.74, 6) is 0.705. The largest absolute Gasteiger partial charge is 0.396 e. The van der Waals surface area contributed by atoms with Crippen molar-refractivity contribution in [2.24, 2.45) is 0 Å². The van der Waals surface area contributed by atoms with Gasteiger partial charge in [0.25, 0.3) is 0 Å². The summed E-state index contributed by atoms with van der Waals surface area (Å²) in [6, 6.07) is 21.6. The van der Waals surface area contributed by atoms with Gasteiger partial charge in [0.05, 0.1) is 5.69 Å². The first-order valence-corrected chi connectivity index (χ1v) is 8.43. The highest BCUT2D eigenvalue weighted by atomic mass is 32.1. The number of nitrogens with zero attached hydrogens (tertiary/aromatic N) is 3. The van der Waals surface area contributed by atoms with E-state index in [4.69, 9.17) is 17.2 Å². The lowest BCUT2D eigenvalue weighted by atomic mass is 10.1. The first kappa shape index (κ1) is 17.0. The Morgan fingerprint density at radius 2 is 1.60 bits per heavy atom. The van der Waals surface area contributed by atoms with Crippen molar-refractivity contribution in [1.82, 2.24) is 9.55 Å². The third kappa shape index (κ3) is 3.50. The maximum absolute atomic E-state index is 9.65. The van der Waals surface area contributed by atoms with E-state index in [2.05, 4.69) is 6.07 Å². The first-order chi connectivity index (χ1) is 12.3. The van der Waals surface area contributed by atoms with Crippen molar-refractivity contribution >= 4 is 12.2 Å². The van der Waals surface area contributed by atoms with E-state index in [0.717, 1.165) is 11.1 Å². The van der Waals surface area contributed by atoms with Crippen LogP contribution in [0.3, 0.4) is 0 Å². The zero-order valence-electron chi connectivity index (χ0n) is 13.6. The molecule has 3 rings (SSSR count). The number of rotatable bonds is 5. The smallest absolute Gasteiger partial charge is 0.141 e. The average Bonchev–Trinajstić information content (AvgIpc) is 2.67. The van der Waals surface area contributed by atoms with Gasteiger partial charge in [-0.15, -0.1) is 0 Å². The van der Waals surface area contributed by atoms with E-state index in [1.807, 2.05) is 65.2 Å². The fraction of sp³-hybridized carbons (Fsp3) is 0.150. The molecule has 0 bridgehead atoms. The van der Waals surface area contributed by atoms with Crippen molar-refractivity contribution in [3.05, 3.63) is 70.9 Å². The van der Waals surface area contributed by atoms with Crippen molar-refractivity contribution in [2.75, 3.05) is 6.61 Å². The fourth-order valence-electron chi connectivity index (χ4n) is 2.70. The molecule has 124 valence electrons. The van der Waals surface area contributed by atoms with Gasteiger partial charge in [-0.1, -0.05) is 72.9 Å². The number of aliphatic hydroxyl groups excluding tert-OH is 1. The van der Waals surface area contributed by atoms with Gasteiger partial charge in [0.1, 0.15) is 22.1 Å². The monoisotopic (exact) mass is 347 g/mol. The molecule has 0 unspecified atom stereocenters. The van der Waals surface area contributed by atoms with Gasteiger partial charge in [-0.05, 0) is 6.42 Å². The highest BCUT2D eigenvalue weighted by Gasteiger charge is 2.16. The third-order valence-corrected chi connectivity index (χ3v) is 4.32. The number of nitriles is 1. The van der Waals surface area contributed by atoms with Crippen LogP contribution in [0.25, 0.3) is 22.6 Å². The van der Waals surface area contributed by atoms with Gasteiger partial charge in [0.2, 0.25) is 0 Å². The van der Waals surface area contributed by atoms with Crippen LogP contribution in [0, 0.1) is 16.0 Å². The Labute approximate surface area is 151 Å². The molecule has 0 spiro atoms. The Kier molecular flexibility index (Phi) is 5.34. The molecule has 0 atom stereocenters. The quantitative estimate of drug-likeness (QED) is 0.703. The topological polar surface area (TPSA) is 61.8 Å². The van der Waals surface area contributed by atoms with Gasteiger partial charge in [0, 0.05) is 24.3 Å². The second-order valence-corrected chi connectivity index (χ2v) is 5.92. The number of benzene rings is 2. The Hall–Kier alpha value is -2.81. The van der Waals surface area contributed by atoms with E-state index in [1.54, 1.807) is 0 Å². The van der Waals surface area contributed by atoms with Crippen molar-refractivity contribution in [1.29, 1.82) is 5.26 Å². The van der Waals surface area contributed by atoms with Crippen molar-refractivity contribution in [2.45, 2.75) is 13.0 Å². The van der Waals surface area contributed by atoms with Gasteiger partial charge in [-0.25, -0.2) is 4.98 Å². The Balaban J connectivity index is 2.30. The highest BCUT2D eigenvalue weighted by Crippen LogP contribution is 2.27. The van der Waals surface area contributed by atoms with Gasteiger partial charge < -0.3 is 9.67 Å². The van der Waals surface area contributed by atoms with Crippen LogP contribution in [-0.2, 0) is 6.54 Å². The van der Waals surface area contributed by atoms with Gasteiger partial charge >= 0.3 is 0 Å². The molecule has 0 saturated heterocycles. The molecular weight excluding hydrogens is 330 g/mol. The molecule has 3 aromatic rings. The highest BCUT2D eigenvalue weighted by molar-refractivity contribution is 7.71. The molecule has 0 radical (unpaired) electrons. The lowest BCUT2D eigenvalue weighted by Crippen LogP contribution is -2.11. The summed E-state index contributed by atoms with van der Waals surface area (Å²) >= 11 is 5.60. The van der Waals surface area contributed by atoms with E-state index in [1.165, 1.54) is 0 Å². The first-order valence-electron chi connectivity index (χ1n) is 8.03. The molecule has 0 amide bonds. The van der Waals surface area contributed by atoms with Crippen LogP contribution in [0.4, 0.5) is 0 Å². The van der Waals surface area contributed by atoms with Crippen LogP contribution in [0.5, 0.6) is 0 Å². The molecule has 1 N–H and O–H groups in total. The molecule has 5 heteroatoms. The lowest BCUT2D eigenvalue weighted by molar-refractivity contribution is 0.279. The molecule has 1 aromatic heterocycles. The Bertz CT molecular complexity index is 960. The molecule has 4 nitrogen and oxygen atoms in total. The van der Waals surface area contributed by atoms with E-state index in [0.29, 0.717) is 34.7 Å². The predicted molar refractivity (Wildman–Crippen MR) is 100 cm³/mol. The fourth-order valence-corrected chi connectivity index (χ4v) is 3.02. The van der Waals surface area contributed by atoms with E-state index in [9.17, 15) is 10.4 Å². The van der Waals surface area contributed by atoms with Gasteiger partial charge in [-0.3, -0.25) is 0 Å². The van der Waals surface area contributed by atoms with E-state index in [-0.39, 0.29) is 6.61 Å². The Morgan fingerprint density at radius 1 is 1.00 bits per heavy atom. The second kappa shape index (κ2) is 7.84. The number of aliphatic hydroxyl groups is 1. The third-order valence-electron chi connectivity index (χ3n) is 3.90. The maximum Gasteiger partial charge on any atom is 0.141 e. The van der Waals surface area contributed by atoms with Gasteiger partial charge in [-0.2, -0.15) is 5.26 Å². The second-order valence-electron chi connectivity index (χ2n) is 5.54. The van der Waals surface area contributed by atoms with Crippen LogP contribution in [0.1, 0.15) is 12.0 Å². The summed E-state index contributed by atoms with van der Waals surface area (Å²) in [5.41, 5.74) is 2.76. The van der Waals surface area contributed by atoms with Crippen LogP contribution in [0.2, 0.25) is 0 Å². The zero-order valence-corrected chi connectivity index (χ0v) is 14.4. The van der Waals surface area contributed by atoms with Crippen LogP contribution < -0.4 is 0 Å². The number of hydrogen-bond donors (Lipinski definition) is 1. The molecule has 0 aliphatic rings. The molecule has 0 fully saturated rings. The maximum atomic E-state index is 9.65. The summed E-state index contributed by atoms with van der Waals surface area (Å²) < 4.78 is 2.29. The standard InChI is InChI=1S/C20H17N3OS/c21-14-17-18(15-8-3-1-4-9-15)22-19(16-10-5-2-6-11-16)23(20(17)25)12-7-13-24/h1-6,8-11,24H,7,12-13H2. The molecule has 0 aliphatic heterocycles.